The molecule has 0 aliphatic heterocycles. The molecule has 0 N–H and O–H groups in total. The lowest BCUT2D eigenvalue weighted by atomic mass is 10.0. The van der Waals surface area contributed by atoms with Crippen LogP contribution in [0.15, 0.2) is 54.6 Å². The molecule has 0 aliphatic rings. The Morgan fingerprint density at radius 2 is 1.45 bits per heavy atom. The summed E-state index contributed by atoms with van der Waals surface area (Å²) in [6.07, 6.45) is 0. The summed E-state index contributed by atoms with van der Waals surface area (Å²) < 4.78 is 2.26. The fourth-order valence-electron chi connectivity index (χ4n) is 2.95. The van der Waals surface area contributed by atoms with Crippen LogP contribution in [-0.2, 0) is 7.05 Å². The second-order valence-electron chi connectivity index (χ2n) is 5.72. The monoisotopic (exact) mass is 289 g/mol. The zero-order valence-corrected chi connectivity index (χ0v) is 13.6. The molecule has 2 aromatic carbocycles. The van der Waals surface area contributed by atoms with Crippen LogP contribution in [0.4, 0.5) is 0 Å². The van der Waals surface area contributed by atoms with Gasteiger partial charge in [-0.15, -0.1) is 0 Å². The van der Waals surface area contributed by atoms with Gasteiger partial charge in [-0.2, -0.15) is 4.57 Å². The largest absolute Gasteiger partial charge is 0.240 e. The highest BCUT2D eigenvalue weighted by Crippen LogP contribution is 2.26. The van der Waals surface area contributed by atoms with Gasteiger partial charge >= 0.3 is 0 Å². The topological polar surface area (TPSA) is 16.8 Å². The minimum absolute atomic E-state index is 1.05. The number of aromatic nitrogens is 2. The molecule has 2 nitrogen and oxygen atoms in total. The average Bonchev–Trinajstić information content (AvgIpc) is 2.53. The summed E-state index contributed by atoms with van der Waals surface area (Å²) in [5.74, 6) is 0. The van der Waals surface area contributed by atoms with Gasteiger partial charge in [0.1, 0.15) is 18.4 Å². The maximum absolute atomic E-state index is 4.90. The summed E-state index contributed by atoms with van der Waals surface area (Å²) in [6.45, 7) is 6.37. The number of hydrogen-bond acceptors (Lipinski definition) is 1. The van der Waals surface area contributed by atoms with E-state index in [0.717, 1.165) is 17.0 Å². The van der Waals surface area contributed by atoms with Gasteiger partial charge < -0.3 is 0 Å². The SMILES string of the molecule is Cc1ccccc1-c1c(C)nc(-c2ccccc2)c(C)[n+]1C. The predicted molar refractivity (Wildman–Crippen MR) is 90.5 cm³/mol. The first-order valence-corrected chi connectivity index (χ1v) is 7.58. The van der Waals surface area contributed by atoms with E-state index in [1.54, 1.807) is 0 Å². The molecule has 0 unspecified atom stereocenters. The molecule has 22 heavy (non-hydrogen) atoms. The smallest absolute Gasteiger partial charge is 0.234 e. The van der Waals surface area contributed by atoms with Crippen LogP contribution < -0.4 is 4.57 Å². The number of hydrogen-bond donors (Lipinski definition) is 0. The van der Waals surface area contributed by atoms with E-state index < -0.39 is 0 Å². The van der Waals surface area contributed by atoms with Crippen LogP contribution in [-0.4, -0.2) is 4.98 Å². The molecule has 0 atom stereocenters. The van der Waals surface area contributed by atoms with Gasteiger partial charge in [0.15, 0.2) is 0 Å². The van der Waals surface area contributed by atoms with Crippen LogP contribution in [0.3, 0.4) is 0 Å². The molecule has 0 saturated heterocycles. The minimum atomic E-state index is 1.05. The van der Waals surface area contributed by atoms with Crippen molar-refractivity contribution in [1.82, 2.24) is 4.98 Å². The van der Waals surface area contributed by atoms with Crippen molar-refractivity contribution in [2.45, 2.75) is 20.8 Å². The van der Waals surface area contributed by atoms with Crippen molar-refractivity contribution >= 4 is 0 Å². The molecule has 0 bridgehead atoms. The molecule has 1 heterocycles. The van der Waals surface area contributed by atoms with E-state index in [1.807, 2.05) is 6.07 Å². The van der Waals surface area contributed by atoms with Gasteiger partial charge in [0.25, 0.3) is 0 Å². The van der Waals surface area contributed by atoms with E-state index in [1.165, 1.54) is 22.5 Å². The van der Waals surface area contributed by atoms with Gasteiger partial charge in [-0.3, -0.25) is 0 Å². The second kappa shape index (κ2) is 5.72. The van der Waals surface area contributed by atoms with Gasteiger partial charge in [0.05, 0.1) is 5.56 Å². The Morgan fingerprint density at radius 1 is 0.818 bits per heavy atom. The molecule has 2 heteroatoms. The van der Waals surface area contributed by atoms with E-state index >= 15 is 0 Å². The normalized spacial score (nSPS) is 10.7. The molecular formula is C20H21N2+. The zero-order valence-electron chi connectivity index (χ0n) is 13.6. The summed E-state index contributed by atoms with van der Waals surface area (Å²) >= 11 is 0. The number of rotatable bonds is 2. The van der Waals surface area contributed by atoms with Crippen molar-refractivity contribution in [1.29, 1.82) is 0 Å². The van der Waals surface area contributed by atoms with Gasteiger partial charge in [-0.05, 0) is 25.5 Å². The number of nitrogens with zero attached hydrogens (tertiary/aromatic N) is 2. The van der Waals surface area contributed by atoms with Gasteiger partial charge in [0.2, 0.25) is 11.4 Å². The summed E-state index contributed by atoms with van der Waals surface area (Å²) in [5, 5.41) is 0. The Balaban J connectivity index is 2.25. The quantitative estimate of drug-likeness (QED) is 0.647. The van der Waals surface area contributed by atoms with E-state index in [2.05, 4.69) is 80.9 Å². The third-order valence-electron chi connectivity index (χ3n) is 4.25. The minimum Gasteiger partial charge on any atom is -0.240 e. The fourth-order valence-corrected chi connectivity index (χ4v) is 2.95. The maximum Gasteiger partial charge on any atom is 0.234 e. The molecule has 3 rings (SSSR count). The van der Waals surface area contributed by atoms with Crippen molar-refractivity contribution in [3.05, 3.63) is 71.5 Å². The first kappa shape index (κ1) is 14.5. The van der Waals surface area contributed by atoms with Crippen LogP contribution >= 0.6 is 0 Å². The molecule has 3 aromatic rings. The molecule has 0 saturated carbocycles. The van der Waals surface area contributed by atoms with Crippen molar-refractivity contribution < 1.29 is 4.57 Å². The molecule has 0 amide bonds. The lowest BCUT2D eigenvalue weighted by molar-refractivity contribution is -0.666. The molecule has 0 radical (unpaired) electrons. The summed E-state index contributed by atoms with van der Waals surface area (Å²) in [4.78, 5) is 4.90. The Bertz CT molecular complexity index is 821. The van der Waals surface area contributed by atoms with Crippen molar-refractivity contribution in [3.63, 3.8) is 0 Å². The lowest BCUT2D eigenvalue weighted by Crippen LogP contribution is -2.37. The number of aryl methyl sites for hydroxylation is 2. The molecule has 0 spiro atoms. The van der Waals surface area contributed by atoms with Crippen molar-refractivity contribution in [2.75, 3.05) is 0 Å². The van der Waals surface area contributed by atoms with Crippen LogP contribution in [0, 0.1) is 20.8 Å². The Hall–Kier alpha value is -2.48. The summed E-state index contributed by atoms with van der Waals surface area (Å²) in [7, 11) is 2.12. The third-order valence-corrected chi connectivity index (χ3v) is 4.25. The first-order chi connectivity index (χ1) is 10.6. The van der Waals surface area contributed by atoms with E-state index in [9.17, 15) is 0 Å². The van der Waals surface area contributed by atoms with E-state index in [4.69, 9.17) is 4.98 Å². The van der Waals surface area contributed by atoms with Gasteiger partial charge in [-0.1, -0.05) is 48.5 Å². The third kappa shape index (κ3) is 2.41. The molecular weight excluding hydrogens is 268 g/mol. The fraction of sp³-hybridized carbons (Fsp3) is 0.200. The molecule has 0 fully saturated rings. The summed E-state index contributed by atoms with van der Waals surface area (Å²) in [5.41, 5.74) is 8.16. The van der Waals surface area contributed by atoms with Crippen molar-refractivity contribution in [2.24, 2.45) is 7.05 Å². The van der Waals surface area contributed by atoms with E-state index in [0.29, 0.717) is 0 Å². The highest BCUT2D eigenvalue weighted by molar-refractivity contribution is 5.66. The summed E-state index contributed by atoms with van der Waals surface area (Å²) in [6, 6.07) is 18.9. The van der Waals surface area contributed by atoms with Crippen LogP contribution in [0.1, 0.15) is 17.0 Å². The van der Waals surface area contributed by atoms with E-state index in [-0.39, 0.29) is 0 Å². The molecule has 1 aromatic heterocycles. The standard InChI is InChI=1S/C20H21N2/c1-14-10-8-9-13-18(14)20-15(2)21-19(16(3)22(20)4)17-11-6-5-7-12-17/h5-13H,1-4H3/q+1. The molecule has 110 valence electrons. The first-order valence-electron chi connectivity index (χ1n) is 7.58. The maximum atomic E-state index is 4.90. The Labute approximate surface area is 132 Å². The Morgan fingerprint density at radius 3 is 2.14 bits per heavy atom. The predicted octanol–water partition coefficient (Wildman–Crippen LogP) is 4.17. The van der Waals surface area contributed by atoms with Crippen molar-refractivity contribution in [3.8, 4) is 22.5 Å². The number of benzene rings is 2. The highest BCUT2D eigenvalue weighted by Gasteiger charge is 2.22. The highest BCUT2D eigenvalue weighted by atomic mass is 15.0. The average molecular weight is 289 g/mol. The molecule has 0 aliphatic carbocycles. The van der Waals surface area contributed by atoms with Gasteiger partial charge in [0, 0.05) is 12.5 Å². The van der Waals surface area contributed by atoms with Crippen LogP contribution in [0.25, 0.3) is 22.5 Å². The lowest BCUT2D eigenvalue weighted by Gasteiger charge is -2.11. The van der Waals surface area contributed by atoms with Gasteiger partial charge in [-0.25, -0.2) is 4.98 Å². The van der Waals surface area contributed by atoms with Crippen LogP contribution in [0.5, 0.6) is 0 Å². The van der Waals surface area contributed by atoms with Crippen LogP contribution in [0.2, 0.25) is 0 Å². The Kier molecular flexibility index (Phi) is 3.76. The second-order valence-corrected chi connectivity index (χ2v) is 5.72. The zero-order chi connectivity index (χ0) is 15.7.